The van der Waals surface area contributed by atoms with E-state index < -0.39 is 0 Å². The minimum Gasteiger partial charge on any atom is -0.368 e. The molecule has 1 aromatic rings. The lowest BCUT2D eigenvalue weighted by Crippen LogP contribution is -2.35. The number of rotatable bonds is 5. The zero-order chi connectivity index (χ0) is 14.9. The van der Waals surface area contributed by atoms with Gasteiger partial charge in [0.25, 0.3) is 0 Å². The summed E-state index contributed by atoms with van der Waals surface area (Å²) in [5, 5.41) is 4.11. The maximum absolute atomic E-state index is 12.5. The minimum atomic E-state index is -0.0315. The molecule has 6 heteroatoms. The van der Waals surface area contributed by atoms with Gasteiger partial charge in [0.2, 0.25) is 11.8 Å². The van der Waals surface area contributed by atoms with Gasteiger partial charge in [-0.3, -0.25) is 4.79 Å². The molecule has 1 saturated heterocycles. The second-order valence-corrected chi connectivity index (χ2v) is 6.73. The molecule has 1 aliphatic heterocycles. The van der Waals surface area contributed by atoms with Crippen LogP contribution in [0, 0.1) is 0 Å². The average Bonchev–Trinajstić information content (AvgIpc) is 3.02. The van der Waals surface area contributed by atoms with E-state index in [0.717, 1.165) is 51.0 Å². The van der Waals surface area contributed by atoms with Gasteiger partial charge in [-0.1, -0.05) is 18.0 Å². The Balaban J connectivity index is 1.37. The van der Waals surface area contributed by atoms with Crippen LogP contribution < -0.4 is 0 Å². The second kappa shape index (κ2) is 5.99. The lowest BCUT2D eigenvalue weighted by Gasteiger charge is -2.23. The van der Waals surface area contributed by atoms with Gasteiger partial charge in [-0.05, 0) is 38.5 Å². The van der Waals surface area contributed by atoms with E-state index in [2.05, 4.69) is 10.1 Å². The molecule has 2 aliphatic carbocycles. The lowest BCUT2D eigenvalue weighted by molar-refractivity contribution is -0.139. The number of carbonyl (C=O) groups is 1. The first-order valence-electron chi connectivity index (χ1n) is 8.56. The number of nitrogens with zero attached hydrogens (tertiary/aromatic N) is 3. The van der Waals surface area contributed by atoms with Crippen molar-refractivity contribution in [2.75, 3.05) is 13.2 Å². The Bertz CT molecular complexity index is 534. The van der Waals surface area contributed by atoms with E-state index in [-0.39, 0.29) is 24.7 Å². The first-order valence-corrected chi connectivity index (χ1v) is 8.56. The van der Waals surface area contributed by atoms with Crippen molar-refractivity contribution in [1.82, 2.24) is 15.0 Å². The van der Waals surface area contributed by atoms with E-state index in [1.165, 1.54) is 12.8 Å². The number of amides is 1. The Hall–Kier alpha value is -1.43. The van der Waals surface area contributed by atoms with Crippen LogP contribution in [-0.2, 0) is 9.53 Å². The summed E-state index contributed by atoms with van der Waals surface area (Å²) in [7, 11) is 0. The molecule has 1 atom stereocenters. The van der Waals surface area contributed by atoms with E-state index in [9.17, 15) is 4.79 Å². The van der Waals surface area contributed by atoms with Crippen LogP contribution in [0.25, 0.3) is 0 Å². The Kier molecular flexibility index (Phi) is 3.86. The molecule has 0 bridgehead atoms. The Morgan fingerprint density at radius 1 is 1.18 bits per heavy atom. The highest BCUT2D eigenvalue weighted by Gasteiger charge is 2.36. The molecular weight excluding hydrogens is 282 g/mol. The zero-order valence-corrected chi connectivity index (χ0v) is 12.9. The SMILES string of the molecule is O=C(COC1CCCC1)N1CCC[C@H]1c1noc(C2CC2)n1. The number of aromatic nitrogens is 2. The molecule has 1 amide bonds. The van der Waals surface area contributed by atoms with Crippen molar-refractivity contribution in [3.8, 4) is 0 Å². The quantitative estimate of drug-likeness (QED) is 0.836. The first kappa shape index (κ1) is 14.2. The summed E-state index contributed by atoms with van der Waals surface area (Å²) in [4.78, 5) is 18.8. The van der Waals surface area contributed by atoms with Gasteiger partial charge in [-0.2, -0.15) is 4.98 Å². The van der Waals surface area contributed by atoms with E-state index >= 15 is 0 Å². The summed E-state index contributed by atoms with van der Waals surface area (Å²) in [6, 6.07) is -0.0315. The maximum Gasteiger partial charge on any atom is 0.249 e. The standard InChI is InChI=1S/C16H23N3O3/c20-14(10-21-12-4-1-2-5-12)19-9-3-6-13(19)15-17-16(22-18-15)11-7-8-11/h11-13H,1-10H2/t13-/m0/s1. The monoisotopic (exact) mass is 305 g/mol. The topological polar surface area (TPSA) is 68.5 Å². The summed E-state index contributed by atoms with van der Waals surface area (Å²) in [5.74, 6) is 1.94. The third kappa shape index (κ3) is 2.89. The Morgan fingerprint density at radius 3 is 2.77 bits per heavy atom. The van der Waals surface area contributed by atoms with Crippen LogP contribution in [0.4, 0.5) is 0 Å². The minimum absolute atomic E-state index is 0.0315. The number of hydrogen-bond donors (Lipinski definition) is 0. The van der Waals surface area contributed by atoms with Gasteiger partial charge in [-0.25, -0.2) is 0 Å². The molecule has 0 unspecified atom stereocenters. The third-order valence-corrected chi connectivity index (χ3v) is 5.00. The number of carbonyl (C=O) groups excluding carboxylic acids is 1. The van der Waals surface area contributed by atoms with Crippen molar-refractivity contribution in [2.24, 2.45) is 0 Å². The van der Waals surface area contributed by atoms with Crippen molar-refractivity contribution >= 4 is 5.91 Å². The summed E-state index contributed by atoms with van der Waals surface area (Å²) >= 11 is 0. The fourth-order valence-electron chi connectivity index (χ4n) is 3.54. The molecule has 3 aliphatic rings. The largest absolute Gasteiger partial charge is 0.368 e. The highest BCUT2D eigenvalue weighted by molar-refractivity contribution is 5.78. The van der Waals surface area contributed by atoms with Crippen molar-refractivity contribution < 1.29 is 14.1 Å². The number of hydrogen-bond acceptors (Lipinski definition) is 5. The van der Waals surface area contributed by atoms with Gasteiger partial charge in [0.05, 0.1) is 12.1 Å². The highest BCUT2D eigenvalue weighted by atomic mass is 16.5. The molecule has 0 N–H and O–H groups in total. The van der Waals surface area contributed by atoms with Gasteiger partial charge >= 0.3 is 0 Å². The van der Waals surface area contributed by atoms with E-state index in [0.29, 0.717) is 11.7 Å². The third-order valence-electron chi connectivity index (χ3n) is 5.00. The van der Waals surface area contributed by atoms with E-state index in [1.807, 2.05) is 4.90 Å². The van der Waals surface area contributed by atoms with Gasteiger partial charge in [0, 0.05) is 12.5 Å². The smallest absolute Gasteiger partial charge is 0.249 e. The van der Waals surface area contributed by atoms with Gasteiger partial charge in [0.1, 0.15) is 6.61 Å². The number of likely N-dealkylation sites (tertiary alicyclic amines) is 1. The fraction of sp³-hybridized carbons (Fsp3) is 0.812. The number of ether oxygens (including phenoxy) is 1. The summed E-state index contributed by atoms with van der Waals surface area (Å²) in [6.07, 6.45) is 9.09. The molecule has 3 fully saturated rings. The fourth-order valence-corrected chi connectivity index (χ4v) is 3.54. The predicted molar refractivity (Wildman–Crippen MR) is 78.2 cm³/mol. The van der Waals surface area contributed by atoms with Crippen LogP contribution in [-0.4, -0.2) is 40.2 Å². The first-order chi connectivity index (χ1) is 10.8. The molecule has 6 nitrogen and oxygen atoms in total. The lowest BCUT2D eigenvalue weighted by atomic mass is 10.2. The summed E-state index contributed by atoms with van der Waals surface area (Å²) in [6.45, 7) is 0.958. The molecule has 120 valence electrons. The summed E-state index contributed by atoms with van der Waals surface area (Å²) < 4.78 is 11.1. The van der Waals surface area contributed by atoms with Crippen LogP contribution in [0.15, 0.2) is 4.52 Å². The van der Waals surface area contributed by atoms with Gasteiger partial charge in [0.15, 0.2) is 5.82 Å². The molecule has 0 spiro atoms. The zero-order valence-electron chi connectivity index (χ0n) is 12.9. The van der Waals surface area contributed by atoms with Crippen molar-refractivity contribution in [2.45, 2.75) is 69.4 Å². The van der Waals surface area contributed by atoms with Crippen LogP contribution >= 0.6 is 0 Å². The molecule has 2 saturated carbocycles. The molecule has 2 heterocycles. The molecule has 4 rings (SSSR count). The van der Waals surface area contributed by atoms with Gasteiger partial charge in [-0.15, -0.1) is 0 Å². The highest BCUT2D eigenvalue weighted by Crippen LogP contribution is 2.40. The van der Waals surface area contributed by atoms with E-state index in [1.54, 1.807) is 0 Å². The van der Waals surface area contributed by atoms with Crippen LogP contribution in [0.3, 0.4) is 0 Å². The van der Waals surface area contributed by atoms with E-state index in [4.69, 9.17) is 9.26 Å². The van der Waals surface area contributed by atoms with Crippen molar-refractivity contribution in [1.29, 1.82) is 0 Å². The second-order valence-electron chi connectivity index (χ2n) is 6.73. The molecule has 0 radical (unpaired) electrons. The van der Waals surface area contributed by atoms with Crippen LogP contribution in [0.1, 0.15) is 75.0 Å². The van der Waals surface area contributed by atoms with Crippen molar-refractivity contribution in [3.63, 3.8) is 0 Å². The van der Waals surface area contributed by atoms with Gasteiger partial charge < -0.3 is 14.2 Å². The Labute approximate surface area is 130 Å². The summed E-state index contributed by atoms with van der Waals surface area (Å²) in [5.41, 5.74) is 0. The molecule has 1 aromatic heterocycles. The van der Waals surface area contributed by atoms with Crippen LogP contribution in [0.5, 0.6) is 0 Å². The maximum atomic E-state index is 12.5. The normalized spacial score (nSPS) is 26.0. The van der Waals surface area contributed by atoms with Crippen LogP contribution in [0.2, 0.25) is 0 Å². The predicted octanol–water partition coefficient (Wildman–Crippen LogP) is 2.57. The molecular formula is C16H23N3O3. The average molecular weight is 305 g/mol. The molecule has 22 heavy (non-hydrogen) atoms. The van der Waals surface area contributed by atoms with Crippen molar-refractivity contribution in [3.05, 3.63) is 11.7 Å². The molecule has 0 aromatic carbocycles. The Morgan fingerprint density at radius 2 is 2.00 bits per heavy atom.